The number of alkyl halides is 2. The van der Waals surface area contributed by atoms with Crippen LogP contribution in [0.15, 0.2) is 18.2 Å². The number of amides is 1. The number of aromatic nitrogens is 2. The van der Waals surface area contributed by atoms with Crippen molar-refractivity contribution in [2.75, 3.05) is 11.5 Å². The van der Waals surface area contributed by atoms with E-state index in [1.165, 1.54) is 18.2 Å². The molecule has 1 aromatic heterocycles. The second kappa shape index (κ2) is 8.54. The maximum atomic E-state index is 12.9. The average Bonchev–Trinajstić information content (AvgIpc) is 3.06. The molecule has 1 amide bonds. The molecule has 2 aromatic rings. The highest BCUT2D eigenvalue weighted by atomic mass is 35.5. The Bertz CT molecular complexity index is 1180. The molecule has 2 heterocycles. The minimum absolute atomic E-state index is 0.00266. The van der Waals surface area contributed by atoms with E-state index in [4.69, 9.17) is 16.7 Å². The highest BCUT2D eigenvalue weighted by Crippen LogP contribution is 2.39. The summed E-state index contributed by atoms with van der Waals surface area (Å²) >= 11 is 6.39. The second-order valence-corrected chi connectivity index (χ2v) is 11.8. The number of hydrogen-bond acceptors (Lipinski definition) is 5. The lowest BCUT2D eigenvalue weighted by molar-refractivity contribution is -0.126. The number of carbonyl (C=O) groups excluding carboxylic acids is 1. The molecule has 1 aliphatic heterocycles. The summed E-state index contributed by atoms with van der Waals surface area (Å²) in [5.41, 5.74) is 2.20. The molecule has 1 aliphatic carbocycles. The van der Waals surface area contributed by atoms with Gasteiger partial charge in [0.15, 0.2) is 9.84 Å². The molecule has 0 radical (unpaired) electrons. The third kappa shape index (κ3) is 4.87. The largest absolute Gasteiger partial charge is 0.435 e. The van der Waals surface area contributed by atoms with Crippen LogP contribution in [0.5, 0.6) is 5.75 Å². The number of nitrogens with one attached hydrogen (secondary N) is 1. The van der Waals surface area contributed by atoms with E-state index < -0.39 is 22.0 Å². The first kappa shape index (κ1) is 23.9. The highest BCUT2D eigenvalue weighted by molar-refractivity contribution is 7.93. The first-order valence-electron chi connectivity index (χ1n) is 10.7. The lowest BCUT2D eigenvalue weighted by Crippen LogP contribution is -2.64. The van der Waals surface area contributed by atoms with Crippen molar-refractivity contribution in [3.8, 4) is 17.0 Å². The van der Waals surface area contributed by atoms with Gasteiger partial charge >= 0.3 is 6.61 Å². The van der Waals surface area contributed by atoms with E-state index in [9.17, 15) is 22.0 Å². The fraction of sp³-hybridized carbons (Fsp3) is 0.545. The quantitative estimate of drug-likeness (QED) is 0.650. The van der Waals surface area contributed by atoms with Gasteiger partial charge in [-0.25, -0.2) is 8.42 Å². The predicted molar refractivity (Wildman–Crippen MR) is 120 cm³/mol. The van der Waals surface area contributed by atoms with Gasteiger partial charge in [-0.05, 0) is 51.8 Å². The maximum absolute atomic E-state index is 12.9. The van der Waals surface area contributed by atoms with Crippen LogP contribution in [-0.4, -0.2) is 47.8 Å². The molecule has 1 atom stereocenters. The van der Waals surface area contributed by atoms with Crippen molar-refractivity contribution in [1.29, 1.82) is 0 Å². The predicted octanol–water partition coefficient (Wildman–Crippen LogP) is 3.79. The first-order valence-corrected chi connectivity index (χ1v) is 12.9. The molecule has 180 valence electrons. The summed E-state index contributed by atoms with van der Waals surface area (Å²) < 4.78 is 54.9. The minimum atomic E-state index is -3.07. The molecule has 0 saturated carbocycles. The number of rotatable bonds is 6. The summed E-state index contributed by atoms with van der Waals surface area (Å²) in [6, 6.07) is 4.34. The van der Waals surface area contributed by atoms with Crippen LogP contribution < -0.4 is 10.1 Å². The standard InChI is InChI=1S/C22H26ClF2N3O4S/c1-12(2)28-18-8-13(20(29)26-22(3)10-33(30,31)11-22)4-6-15(18)19(27-28)16-9-14(32-21(24)25)5-7-17(16)23/h5,7,9,12-13,21H,4,6,8,10-11H2,1-3H3,(H,26,29)/t13-/m1/s1. The summed E-state index contributed by atoms with van der Waals surface area (Å²) in [7, 11) is -3.07. The Balaban J connectivity index is 1.63. The number of benzene rings is 1. The van der Waals surface area contributed by atoms with E-state index in [-0.39, 0.29) is 35.1 Å². The van der Waals surface area contributed by atoms with Crippen LogP contribution in [0.2, 0.25) is 5.02 Å². The number of carbonyl (C=O) groups is 1. The van der Waals surface area contributed by atoms with E-state index in [0.717, 1.165) is 11.3 Å². The van der Waals surface area contributed by atoms with Crippen molar-refractivity contribution < 1.29 is 26.7 Å². The van der Waals surface area contributed by atoms with Gasteiger partial charge in [0.25, 0.3) is 0 Å². The van der Waals surface area contributed by atoms with Crippen LogP contribution in [0.25, 0.3) is 11.3 Å². The molecule has 0 bridgehead atoms. The monoisotopic (exact) mass is 501 g/mol. The molecule has 0 unspecified atom stereocenters. The normalized spacial score (nSPS) is 20.9. The van der Waals surface area contributed by atoms with Crippen molar-refractivity contribution in [3.05, 3.63) is 34.5 Å². The zero-order valence-corrected chi connectivity index (χ0v) is 20.1. The van der Waals surface area contributed by atoms with Crippen molar-refractivity contribution in [3.63, 3.8) is 0 Å². The van der Waals surface area contributed by atoms with Crippen LogP contribution in [0.3, 0.4) is 0 Å². The molecule has 1 fully saturated rings. The smallest absolute Gasteiger partial charge is 0.387 e. The van der Waals surface area contributed by atoms with Gasteiger partial charge < -0.3 is 10.1 Å². The average molecular weight is 502 g/mol. The molecule has 1 saturated heterocycles. The van der Waals surface area contributed by atoms with E-state index in [1.54, 1.807) is 6.92 Å². The van der Waals surface area contributed by atoms with E-state index in [0.29, 0.717) is 35.5 Å². The number of halogens is 3. The Morgan fingerprint density at radius 3 is 2.64 bits per heavy atom. The molecule has 4 rings (SSSR count). The minimum Gasteiger partial charge on any atom is -0.435 e. The molecular formula is C22H26ClF2N3O4S. The zero-order chi connectivity index (χ0) is 24.1. The third-order valence-electron chi connectivity index (χ3n) is 6.08. The fourth-order valence-corrected chi connectivity index (χ4v) is 6.97. The SMILES string of the molecule is CC(C)n1nc(-c2cc(OC(F)F)ccc2Cl)c2c1C[C@H](C(=O)NC1(C)CS(=O)(=O)C1)CC2. The van der Waals surface area contributed by atoms with E-state index in [2.05, 4.69) is 10.1 Å². The molecular weight excluding hydrogens is 476 g/mol. The Labute approximate surface area is 196 Å². The molecule has 1 N–H and O–H groups in total. The fourth-order valence-electron chi connectivity index (χ4n) is 4.77. The highest BCUT2D eigenvalue weighted by Gasteiger charge is 2.46. The van der Waals surface area contributed by atoms with Crippen LogP contribution >= 0.6 is 11.6 Å². The molecule has 2 aliphatic rings. The molecule has 11 heteroatoms. The van der Waals surface area contributed by atoms with Gasteiger partial charge in [-0.1, -0.05) is 11.6 Å². The number of ether oxygens (including phenoxy) is 1. The second-order valence-electron chi connectivity index (χ2n) is 9.35. The van der Waals surface area contributed by atoms with Crippen molar-refractivity contribution in [2.45, 2.75) is 58.2 Å². The number of nitrogens with zero attached hydrogens (tertiary/aromatic N) is 2. The number of fused-ring (bicyclic) bond motifs is 1. The summed E-state index contributed by atoms with van der Waals surface area (Å²) in [4.78, 5) is 12.9. The summed E-state index contributed by atoms with van der Waals surface area (Å²) in [5.74, 6) is -0.584. The van der Waals surface area contributed by atoms with E-state index >= 15 is 0 Å². The van der Waals surface area contributed by atoms with Gasteiger partial charge in [0.1, 0.15) is 5.75 Å². The van der Waals surface area contributed by atoms with Crippen LogP contribution in [0, 0.1) is 5.92 Å². The molecule has 7 nitrogen and oxygen atoms in total. The maximum Gasteiger partial charge on any atom is 0.387 e. The van der Waals surface area contributed by atoms with E-state index in [1.807, 2.05) is 18.5 Å². The topological polar surface area (TPSA) is 90.3 Å². The summed E-state index contributed by atoms with van der Waals surface area (Å²) in [6.45, 7) is 2.73. The Kier molecular flexibility index (Phi) is 6.20. The number of hydrogen-bond donors (Lipinski definition) is 1. The van der Waals surface area contributed by atoms with Gasteiger partial charge in [0.2, 0.25) is 5.91 Å². The van der Waals surface area contributed by atoms with Crippen LogP contribution in [-0.2, 0) is 27.5 Å². The van der Waals surface area contributed by atoms with Crippen LogP contribution in [0.1, 0.15) is 44.5 Å². The van der Waals surface area contributed by atoms with Crippen molar-refractivity contribution in [2.24, 2.45) is 5.92 Å². The molecule has 0 spiro atoms. The summed E-state index contributed by atoms with van der Waals surface area (Å²) in [6.07, 6.45) is 1.56. The molecule has 1 aromatic carbocycles. The van der Waals surface area contributed by atoms with Gasteiger partial charge in [0, 0.05) is 35.2 Å². The van der Waals surface area contributed by atoms with Gasteiger partial charge in [-0.3, -0.25) is 9.48 Å². The Morgan fingerprint density at radius 1 is 1.33 bits per heavy atom. The van der Waals surface area contributed by atoms with Crippen molar-refractivity contribution >= 4 is 27.3 Å². The Hall–Kier alpha value is -2.20. The lowest BCUT2D eigenvalue weighted by atomic mass is 9.84. The zero-order valence-electron chi connectivity index (χ0n) is 18.6. The molecule has 33 heavy (non-hydrogen) atoms. The first-order chi connectivity index (χ1) is 15.4. The third-order valence-corrected chi connectivity index (χ3v) is 8.56. The van der Waals surface area contributed by atoms with Gasteiger partial charge in [-0.2, -0.15) is 13.9 Å². The summed E-state index contributed by atoms with van der Waals surface area (Å²) in [5, 5.41) is 8.02. The van der Waals surface area contributed by atoms with Crippen molar-refractivity contribution in [1.82, 2.24) is 15.1 Å². The number of sulfone groups is 1. The van der Waals surface area contributed by atoms with Gasteiger partial charge in [0.05, 0.1) is 27.8 Å². The van der Waals surface area contributed by atoms with Gasteiger partial charge in [-0.15, -0.1) is 0 Å². The Morgan fingerprint density at radius 2 is 2.03 bits per heavy atom. The lowest BCUT2D eigenvalue weighted by Gasteiger charge is -2.39. The van der Waals surface area contributed by atoms with Crippen LogP contribution in [0.4, 0.5) is 8.78 Å².